The molecule has 0 saturated heterocycles. The van der Waals surface area contributed by atoms with Gasteiger partial charge in [0.15, 0.2) is 0 Å². The van der Waals surface area contributed by atoms with Gasteiger partial charge in [-0.2, -0.15) is 0 Å². The van der Waals surface area contributed by atoms with Crippen molar-refractivity contribution in [2.75, 3.05) is 4.90 Å². The van der Waals surface area contributed by atoms with Crippen molar-refractivity contribution < 1.29 is 4.42 Å². The molecule has 0 fully saturated rings. The Morgan fingerprint density at radius 3 is 1.87 bits per heavy atom. The SMILES string of the molecule is c1ccc(N(c2ccc3c(c2)c2ccccc2c2cc4c(cc32)oc2ccccc24)c2cccc3c2sc2ccccc23)cc1. The predicted octanol–water partition coefficient (Wildman–Crippen LogP) is 12.9. The Labute approximate surface area is 263 Å². The van der Waals surface area contributed by atoms with Crippen LogP contribution in [0.15, 0.2) is 156 Å². The molecule has 2 heterocycles. The van der Waals surface area contributed by atoms with Crippen LogP contribution in [0, 0.1) is 0 Å². The lowest BCUT2D eigenvalue weighted by Crippen LogP contribution is -2.10. The highest BCUT2D eigenvalue weighted by molar-refractivity contribution is 7.26. The molecule has 10 aromatic rings. The highest BCUT2D eigenvalue weighted by atomic mass is 32.1. The molecule has 0 spiro atoms. The number of hydrogen-bond acceptors (Lipinski definition) is 3. The van der Waals surface area contributed by atoms with Gasteiger partial charge in [-0.3, -0.25) is 0 Å². The summed E-state index contributed by atoms with van der Waals surface area (Å²) >= 11 is 1.86. The molecule has 45 heavy (non-hydrogen) atoms. The van der Waals surface area contributed by atoms with Gasteiger partial charge >= 0.3 is 0 Å². The summed E-state index contributed by atoms with van der Waals surface area (Å²) in [7, 11) is 0. The minimum Gasteiger partial charge on any atom is -0.456 e. The molecule has 3 heteroatoms. The van der Waals surface area contributed by atoms with Crippen LogP contribution in [0.2, 0.25) is 0 Å². The Hall–Kier alpha value is -5.64. The number of thiophene rings is 1. The summed E-state index contributed by atoms with van der Waals surface area (Å²) in [5.41, 5.74) is 5.30. The molecule has 2 nitrogen and oxygen atoms in total. The Morgan fingerprint density at radius 1 is 0.378 bits per heavy atom. The summed E-state index contributed by atoms with van der Waals surface area (Å²) in [5.74, 6) is 0. The smallest absolute Gasteiger partial charge is 0.136 e. The Morgan fingerprint density at radius 2 is 1.02 bits per heavy atom. The molecule has 2 aromatic heterocycles. The summed E-state index contributed by atoms with van der Waals surface area (Å²) < 4.78 is 8.95. The van der Waals surface area contributed by atoms with Crippen LogP contribution in [0.5, 0.6) is 0 Å². The van der Waals surface area contributed by atoms with Crippen LogP contribution in [-0.4, -0.2) is 0 Å². The fraction of sp³-hybridized carbons (Fsp3) is 0. The molecule has 0 aliphatic heterocycles. The Kier molecular flexibility index (Phi) is 5.19. The lowest BCUT2D eigenvalue weighted by molar-refractivity contribution is 0.669. The van der Waals surface area contributed by atoms with Crippen molar-refractivity contribution in [3.05, 3.63) is 152 Å². The Bertz CT molecular complexity index is 2770. The third kappa shape index (κ3) is 3.62. The average molecular weight is 592 g/mol. The quantitative estimate of drug-likeness (QED) is 0.190. The monoisotopic (exact) mass is 591 g/mol. The zero-order chi connectivity index (χ0) is 29.5. The van der Waals surface area contributed by atoms with Crippen LogP contribution in [0.1, 0.15) is 0 Å². The van der Waals surface area contributed by atoms with Crippen LogP contribution >= 0.6 is 11.3 Å². The summed E-state index contributed by atoms with van der Waals surface area (Å²) in [4.78, 5) is 2.42. The van der Waals surface area contributed by atoms with Crippen molar-refractivity contribution in [2.45, 2.75) is 0 Å². The molecule has 0 N–H and O–H groups in total. The molecule has 0 radical (unpaired) electrons. The van der Waals surface area contributed by atoms with Crippen molar-refractivity contribution >= 4 is 103 Å². The van der Waals surface area contributed by atoms with Gasteiger partial charge in [0, 0.05) is 37.6 Å². The third-order valence-corrected chi connectivity index (χ3v) is 10.4. The van der Waals surface area contributed by atoms with Crippen LogP contribution in [0.4, 0.5) is 17.1 Å². The first-order chi connectivity index (χ1) is 22.3. The maximum Gasteiger partial charge on any atom is 0.136 e. The number of fused-ring (bicyclic) bond motifs is 12. The molecule has 0 aliphatic rings. The highest BCUT2D eigenvalue weighted by Gasteiger charge is 2.20. The van der Waals surface area contributed by atoms with E-state index in [4.69, 9.17) is 4.42 Å². The molecule has 0 atom stereocenters. The predicted molar refractivity (Wildman–Crippen MR) is 194 cm³/mol. The highest BCUT2D eigenvalue weighted by Crippen LogP contribution is 2.46. The normalized spacial score (nSPS) is 12.0. The minimum absolute atomic E-state index is 0.923. The number of nitrogens with zero attached hydrogens (tertiary/aromatic N) is 1. The van der Waals surface area contributed by atoms with E-state index in [0.717, 1.165) is 33.3 Å². The fourth-order valence-corrected chi connectivity index (χ4v) is 8.42. The van der Waals surface area contributed by atoms with Gasteiger partial charge in [0.2, 0.25) is 0 Å². The van der Waals surface area contributed by atoms with E-state index in [2.05, 4.69) is 150 Å². The van der Waals surface area contributed by atoms with Gasteiger partial charge in [0.05, 0.1) is 10.4 Å². The van der Waals surface area contributed by atoms with Gasteiger partial charge in [-0.15, -0.1) is 11.3 Å². The van der Waals surface area contributed by atoms with E-state index < -0.39 is 0 Å². The molecule has 0 unspecified atom stereocenters. The number of furan rings is 1. The zero-order valence-corrected chi connectivity index (χ0v) is 25.0. The number of para-hydroxylation sites is 2. The summed E-state index contributed by atoms with van der Waals surface area (Å²) in [5, 5.41) is 12.3. The van der Waals surface area contributed by atoms with Crippen molar-refractivity contribution in [3.63, 3.8) is 0 Å². The van der Waals surface area contributed by atoms with Crippen LogP contribution in [0.3, 0.4) is 0 Å². The number of hydrogen-bond donors (Lipinski definition) is 0. The summed E-state index contributed by atoms with van der Waals surface area (Å²) in [6, 6.07) is 54.8. The van der Waals surface area contributed by atoms with Gasteiger partial charge in [0.25, 0.3) is 0 Å². The van der Waals surface area contributed by atoms with E-state index in [-0.39, 0.29) is 0 Å². The molecule has 8 aromatic carbocycles. The van der Waals surface area contributed by atoms with E-state index in [0.29, 0.717) is 0 Å². The first kappa shape index (κ1) is 24.8. The molecular weight excluding hydrogens is 567 g/mol. The topological polar surface area (TPSA) is 16.4 Å². The summed E-state index contributed by atoms with van der Waals surface area (Å²) in [6.07, 6.45) is 0. The van der Waals surface area contributed by atoms with Crippen molar-refractivity contribution in [1.29, 1.82) is 0 Å². The largest absolute Gasteiger partial charge is 0.456 e. The van der Waals surface area contributed by atoms with Crippen LogP contribution in [-0.2, 0) is 0 Å². The van der Waals surface area contributed by atoms with E-state index in [1.54, 1.807) is 0 Å². The maximum absolute atomic E-state index is 6.36. The second-order valence-corrected chi connectivity index (χ2v) is 12.7. The fourth-order valence-electron chi connectivity index (χ4n) is 7.21. The van der Waals surface area contributed by atoms with Gasteiger partial charge in [-0.1, -0.05) is 97.1 Å². The molecule has 0 saturated carbocycles. The molecule has 0 amide bonds. The first-order valence-corrected chi connectivity index (χ1v) is 16.1. The molecular formula is C42H25NOS. The van der Waals surface area contributed by atoms with Gasteiger partial charge < -0.3 is 9.32 Å². The maximum atomic E-state index is 6.36. The lowest BCUT2D eigenvalue weighted by atomic mass is 9.92. The van der Waals surface area contributed by atoms with Gasteiger partial charge in [0.1, 0.15) is 11.2 Å². The standard InChI is InChI=1S/C42H25NOS/c1-2-11-26(12-3-1)43(38-18-10-17-33-32-16-7-9-20-41(32)45-42(33)38)27-21-22-30-34(23-27)28-13-4-5-14-29(28)35-24-37-31-15-6-8-19-39(31)44-40(37)25-36(30)35/h1-25H. The molecule has 210 valence electrons. The zero-order valence-electron chi connectivity index (χ0n) is 24.2. The second-order valence-electron chi connectivity index (χ2n) is 11.7. The number of anilines is 3. The lowest BCUT2D eigenvalue weighted by Gasteiger charge is -2.26. The van der Waals surface area contributed by atoms with Crippen LogP contribution in [0.25, 0.3) is 74.4 Å². The first-order valence-electron chi connectivity index (χ1n) is 15.3. The van der Waals surface area contributed by atoms with Gasteiger partial charge in [-0.25, -0.2) is 0 Å². The molecule has 0 aliphatic carbocycles. The van der Waals surface area contributed by atoms with Gasteiger partial charge in [-0.05, 0) is 86.9 Å². The molecule has 10 rings (SSSR count). The molecule has 0 bridgehead atoms. The van der Waals surface area contributed by atoms with Crippen molar-refractivity contribution in [1.82, 2.24) is 0 Å². The van der Waals surface area contributed by atoms with E-state index >= 15 is 0 Å². The van der Waals surface area contributed by atoms with Crippen molar-refractivity contribution in [3.8, 4) is 0 Å². The minimum atomic E-state index is 0.923. The Balaban J connectivity index is 1.28. The van der Waals surface area contributed by atoms with E-state index in [1.807, 2.05) is 17.4 Å². The second kappa shape index (κ2) is 9.43. The van der Waals surface area contributed by atoms with E-state index in [1.165, 1.54) is 58.2 Å². The number of rotatable bonds is 3. The summed E-state index contributed by atoms with van der Waals surface area (Å²) in [6.45, 7) is 0. The van der Waals surface area contributed by atoms with E-state index in [9.17, 15) is 0 Å². The van der Waals surface area contributed by atoms with Crippen molar-refractivity contribution in [2.24, 2.45) is 0 Å². The van der Waals surface area contributed by atoms with Crippen LogP contribution < -0.4 is 4.90 Å². The number of benzene rings is 8. The third-order valence-electron chi connectivity index (χ3n) is 9.21. The average Bonchev–Trinajstić information content (AvgIpc) is 3.67.